The molecular formula is C22H39N5O. The van der Waals surface area contributed by atoms with Crippen LogP contribution < -0.4 is 20.7 Å². The number of likely N-dealkylation sites (tertiary alicyclic amines) is 1. The van der Waals surface area contributed by atoms with Gasteiger partial charge in [-0.15, -0.1) is 0 Å². The third kappa shape index (κ3) is 7.32. The van der Waals surface area contributed by atoms with Crippen LogP contribution in [0.4, 0.5) is 0 Å². The van der Waals surface area contributed by atoms with Crippen LogP contribution in [0.1, 0.15) is 52.1 Å². The number of para-hydroxylation sites is 1. The number of nitrogens with zero attached hydrogens (tertiary/aromatic N) is 2. The van der Waals surface area contributed by atoms with E-state index in [9.17, 15) is 0 Å². The highest BCUT2D eigenvalue weighted by atomic mass is 16.5. The van der Waals surface area contributed by atoms with Gasteiger partial charge in [-0.25, -0.2) is 0 Å². The third-order valence-corrected chi connectivity index (χ3v) is 4.92. The molecule has 158 valence electrons. The first-order valence-corrected chi connectivity index (χ1v) is 10.6. The number of ether oxygens (including phenoxy) is 1. The van der Waals surface area contributed by atoms with Crippen molar-refractivity contribution >= 4 is 5.96 Å². The summed E-state index contributed by atoms with van der Waals surface area (Å²) in [6.45, 7) is 14.2. The van der Waals surface area contributed by atoms with Crippen LogP contribution in [0.25, 0.3) is 0 Å². The van der Waals surface area contributed by atoms with E-state index in [1.54, 1.807) is 7.11 Å². The molecule has 1 saturated heterocycles. The highest BCUT2D eigenvalue weighted by Crippen LogP contribution is 2.31. The Morgan fingerprint density at radius 2 is 1.86 bits per heavy atom. The Morgan fingerprint density at radius 1 is 1.14 bits per heavy atom. The molecule has 0 radical (unpaired) electrons. The van der Waals surface area contributed by atoms with Gasteiger partial charge in [0.15, 0.2) is 5.96 Å². The van der Waals surface area contributed by atoms with Gasteiger partial charge in [-0.3, -0.25) is 9.89 Å². The van der Waals surface area contributed by atoms with Crippen LogP contribution >= 0.6 is 0 Å². The quantitative estimate of drug-likeness (QED) is 0.344. The molecule has 0 aromatic heterocycles. The SMILES string of the molecule is CCNC(=NCC(c1ccccc1OC)N1CCCC1)NCCNC(C)(C)C. The summed E-state index contributed by atoms with van der Waals surface area (Å²) in [6.07, 6.45) is 2.51. The molecule has 6 nitrogen and oxygen atoms in total. The van der Waals surface area contributed by atoms with Crippen LogP contribution in [0, 0.1) is 0 Å². The van der Waals surface area contributed by atoms with Crippen LogP contribution in [0.3, 0.4) is 0 Å². The molecule has 0 aliphatic carbocycles. The molecule has 3 N–H and O–H groups in total. The number of rotatable bonds is 9. The van der Waals surface area contributed by atoms with E-state index in [0.717, 1.165) is 44.4 Å². The predicted octanol–water partition coefficient (Wildman–Crippen LogP) is 2.78. The van der Waals surface area contributed by atoms with Crippen molar-refractivity contribution < 1.29 is 4.74 Å². The Kier molecular flexibility index (Phi) is 9.06. The average Bonchev–Trinajstić information content (AvgIpc) is 3.19. The molecular weight excluding hydrogens is 350 g/mol. The van der Waals surface area contributed by atoms with E-state index < -0.39 is 0 Å². The zero-order chi connectivity index (χ0) is 20.4. The third-order valence-electron chi connectivity index (χ3n) is 4.92. The maximum Gasteiger partial charge on any atom is 0.191 e. The zero-order valence-electron chi connectivity index (χ0n) is 18.3. The lowest BCUT2D eigenvalue weighted by Crippen LogP contribution is -2.44. The maximum atomic E-state index is 5.64. The van der Waals surface area contributed by atoms with Crippen molar-refractivity contribution in [1.82, 2.24) is 20.9 Å². The van der Waals surface area contributed by atoms with Crippen LogP contribution in [-0.4, -0.2) is 62.8 Å². The monoisotopic (exact) mass is 389 g/mol. The summed E-state index contributed by atoms with van der Waals surface area (Å²) < 4.78 is 5.64. The molecule has 1 heterocycles. The maximum absolute atomic E-state index is 5.64. The van der Waals surface area contributed by atoms with Crippen LogP contribution in [0.2, 0.25) is 0 Å². The normalized spacial score (nSPS) is 16.8. The molecule has 28 heavy (non-hydrogen) atoms. The first kappa shape index (κ1) is 22.5. The van der Waals surface area contributed by atoms with Crippen LogP contribution in [-0.2, 0) is 0 Å². The fraction of sp³-hybridized carbons (Fsp3) is 0.682. The number of guanidine groups is 1. The van der Waals surface area contributed by atoms with E-state index in [2.05, 4.69) is 60.7 Å². The standard InChI is InChI=1S/C22H39N5O/c1-6-23-21(24-13-14-26-22(2,3)4)25-17-19(27-15-9-10-16-27)18-11-7-8-12-20(18)28-5/h7-8,11-12,19,26H,6,9-10,13-17H2,1-5H3,(H2,23,24,25). The zero-order valence-corrected chi connectivity index (χ0v) is 18.3. The summed E-state index contributed by atoms with van der Waals surface area (Å²) in [6, 6.07) is 8.57. The fourth-order valence-electron chi connectivity index (χ4n) is 3.54. The fourth-order valence-corrected chi connectivity index (χ4v) is 3.54. The van der Waals surface area contributed by atoms with Crippen molar-refractivity contribution in [1.29, 1.82) is 0 Å². The predicted molar refractivity (Wildman–Crippen MR) is 118 cm³/mol. The second kappa shape index (κ2) is 11.3. The smallest absolute Gasteiger partial charge is 0.191 e. The molecule has 1 aliphatic rings. The first-order valence-electron chi connectivity index (χ1n) is 10.6. The van der Waals surface area contributed by atoms with Gasteiger partial charge in [0.25, 0.3) is 0 Å². The van der Waals surface area contributed by atoms with E-state index in [1.165, 1.54) is 18.4 Å². The topological polar surface area (TPSA) is 60.9 Å². The minimum atomic E-state index is 0.127. The van der Waals surface area contributed by atoms with E-state index in [1.807, 2.05) is 12.1 Å². The summed E-state index contributed by atoms with van der Waals surface area (Å²) in [7, 11) is 1.75. The van der Waals surface area contributed by atoms with Crippen molar-refractivity contribution in [3.8, 4) is 5.75 Å². The Bertz CT molecular complexity index is 605. The molecule has 1 fully saturated rings. The molecule has 2 rings (SSSR count). The van der Waals surface area contributed by atoms with Gasteiger partial charge in [0.1, 0.15) is 5.75 Å². The molecule has 0 saturated carbocycles. The second-order valence-corrected chi connectivity index (χ2v) is 8.32. The Hall–Kier alpha value is -1.79. The molecule has 1 aromatic carbocycles. The molecule has 0 spiro atoms. The minimum absolute atomic E-state index is 0.127. The van der Waals surface area contributed by atoms with Crippen LogP contribution in [0.15, 0.2) is 29.3 Å². The number of aliphatic imine (C=N–C) groups is 1. The lowest BCUT2D eigenvalue weighted by atomic mass is 10.0. The second-order valence-electron chi connectivity index (χ2n) is 8.32. The number of methoxy groups -OCH3 is 1. The van der Waals surface area contributed by atoms with E-state index in [0.29, 0.717) is 6.54 Å². The van der Waals surface area contributed by atoms with Gasteiger partial charge in [0.2, 0.25) is 0 Å². The van der Waals surface area contributed by atoms with Crippen LogP contribution in [0.5, 0.6) is 5.75 Å². The number of benzene rings is 1. The molecule has 1 atom stereocenters. The van der Waals surface area contributed by atoms with Gasteiger partial charge >= 0.3 is 0 Å². The molecule has 6 heteroatoms. The van der Waals surface area contributed by atoms with Crippen molar-refractivity contribution in [3.05, 3.63) is 29.8 Å². The van der Waals surface area contributed by atoms with Gasteiger partial charge in [-0.1, -0.05) is 18.2 Å². The highest BCUT2D eigenvalue weighted by Gasteiger charge is 2.25. The summed E-state index contributed by atoms with van der Waals surface area (Å²) in [5.41, 5.74) is 1.35. The van der Waals surface area contributed by atoms with Crippen molar-refractivity contribution in [3.63, 3.8) is 0 Å². The molecule has 1 unspecified atom stereocenters. The van der Waals surface area contributed by atoms with Gasteiger partial charge in [0.05, 0.1) is 19.7 Å². The van der Waals surface area contributed by atoms with Crippen molar-refractivity contribution in [2.75, 3.05) is 46.4 Å². The number of hydrogen-bond acceptors (Lipinski definition) is 4. The number of nitrogens with one attached hydrogen (secondary N) is 3. The Labute approximate surface area is 171 Å². The highest BCUT2D eigenvalue weighted by molar-refractivity contribution is 5.79. The lowest BCUT2D eigenvalue weighted by Gasteiger charge is -2.28. The van der Waals surface area contributed by atoms with Gasteiger partial charge in [-0.05, 0) is 59.7 Å². The molecule has 0 bridgehead atoms. The van der Waals surface area contributed by atoms with Crippen molar-refractivity contribution in [2.24, 2.45) is 4.99 Å². The average molecular weight is 390 g/mol. The summed E-state index contributed by atoms with van der Waals surface area (Å²) in [5.74, 6) is 1.82. The molecule has 0 amide bonds. The molecule has 1 aliphatic heterocycles. The van der Waals surface area contributed by atoms with E-state index in [-0.39, 0.29) is 11.6 Å². The Balaban J connectivity index is 2.07. The summed E-state index contributed by atoms with van der Waals surface area (Å²) in [4.78, 5) is 7.45. The summed E-state index contributed by atoms with van der Waals surface area (Å²) >= 11 is 0. The lowest BCUT2D eigenvalue weighted by molar-refractivity contribution is 0.245. The van der Waals surface area contributed by atoms with Gasteiger partial charge in [-0.2, -0.15) is 0 Å². The summed E-state index contributed by atoms with van der Waals surface area (Å²) in [5, 5.41) is 10.3. The number of hydrogen-bond donors (Lipinski definition) is 3. The van der Waals surface area contributed by atoms with Gasteiger partial charge < -0.3 is 20.7 Å². The van der Waals surface area contributed by atoms with E-state index >= 15 is 0 Å². The first-order chi connectivity index (χ1) is 13.4. The largest absolute Gasteiger partial charge is 0.496 e. The van der Waals surface area contributed by atoms with E-state index in [4.69, 9.17) is 9.73 Å². The minimum Gasteiger partial charge on any atom is -0.496 e. The molecule has 1 aromatic rings. The van der Waals surface area contributed by atoms with Crippen molar-refractivity contribution in [2.45, 2.75) is 52.1 Å². The van der Waals surface area contributed by atoms with Gasteiger partial charge in [0, 0.05) is 30.7 Å². The Morgan fingerprint density at radius 3 is 2.50 bits per heavy atom.